The van der Waals surface area contributed by atoms with E-state index in [2.05, 4.69) is 0 Å². The van der Waals surface area contributed by atoms with E-state index in [0.29, 0.717) is 16.3 Å². The maximum atomic E-state index is 11.3. The molecule has 0 saturated carbocycles. The zero-order valence-electron chi connectivity index (χ0n) is 7.83. The molecule has 0 N–H and O–H groups in total. The monoisotopic (exact) mass is 212 g/mol. The van der Waals surface area contributed by atoms with Gasteiger partial charge >= 0.3 is 0 Å². The molecule has 1 rings (SSSR count). The van der Waals surface area contributed by atoms with Crippen molar-refractivity contribution in [2.24, 2.45) is 0 Å². The van der Waals surface area contributed by atoms with Gasteiger partial charge < -0.3 is 4.74 Å². The second-order valence-electron chi connectivity index (χ2n) is 2.73. The number of carbonyl (C=O) groups excluding carboxylic acids is 2. The zero-order chi connectivity index (χ0) is 10.7. The van der Waals surface area contributed by atoms with Gasteiger partial charge in [0.15, 0.2) is 5.78 Å². The molecule has 0 atom stereocenters. The van der Waals surface area contributed by atoms with Crippen LogP contribution in [0.3, 0.4) is 0 Å². The molecule has 0 aliphatic rings. The van der Waals surface area contributed by atoms with Crippen LogP contribution in [0.15, 0.2) is 18.2 Å². The molecule has 0 fully saturated rings. The van der Waals surface area contributed by atoms with Gasteiger partial charge in [-0.25, -0.2) is 0 Å². The summed E-state index contributed by atoms with van der Waals surface area (Å²) in [5.41, 5.74) is 0.291. The Morgan fingerprint density at radius 1 is 1.36 bits per heavy atom. The highest BCUT2D eigenvalue weighted by atomic mass is 35.5. The summed E-state index contributed by atoms with van der Waals surface area (Å²) in [6, 6.07) is 4.47. The lowest BCUT2D eigenvalue weighted by Crippen LogP contribution is -2.09. The number of halogens is 1. The number of rotatable bonds is 3. The molecule has 74 valence electrons. The highest BCUT2D eigenvalue weighted by Crippen LogP contribution is 2.25. The normalized spacial score (nSPS) is 9.64. The van der Waals surface area contributed by atoms with Crippen molar-refractivity contribution in [3.8, 4) is 5.75 Å². The van der Waals surface area contributed by atoms with Crippen LogP contribution in [0.4, 0.5) is 0 Å². The quantitative estimate of drug-likeness (QED) is 0.570. The number of methoxy groups -OCH3 is 1. The first-order valence-electron chi connectivity index (χ1n) is 3.95. The molecule has 0 radical (unpaired) electrons. The zero-order valence-corrected chi connectivity index (χ0v) is 8.59. The summed E-state index contributed by atoms with van der Waals surface area (Å²) < 4.78 is 4.92. The van der Waals surface area contributed by atoms with Gasteiger partial charge in [0.2, 0.25) is 5.78 Å². The van der Waals surface area contributed by atoms with Crippen LogP contribution in [0.5, 0.6) is 5.75 Å². The summed E-state index contributed by atoms with van der Waals surface area (Å²) in [7, 11) is 1.45. The van der Waals surface area contributed by atoms with Crippen molar-refractivity contribution in [1.29, 1.82) is 0 Å². The molecule has 3 nitrogen and oxygen atoms in total. The minimum atomic E-state index is -0.542. The Kier molecular flexibility index (Phi) is 3.25. The highest BCUT2D eigenvalue weighted by Gasteiger charge is 2.12. The van der Waals surface area contributed by atoms with Gasteiger partial charge in [0, 0.05) is 12.5 Å². The minimum absolute atomic E-state index is 0.291. The fourth-order valence-electron chi connectivity index (χ4n) is 1.00. The van der Waals surface area contributed by atoms with Crippen LogP contribution >= 0.6 is 11.6 Å². The van der Waals surface area contributed by atoms with Crippen molar-refractivity contribution >= 4 is 23.2 Å². The van der Waals surface area contributed by atoms with Crippen molar-refractivity contribution < 1.29 is 14.3 Å². The van der Waals surface area contributed by atoms with Crippen molar-refractivity contribution in [2.75, 3.05) is 7.11 Å². The van der Waals surface area contributed by atoms with E-state index in [1.807, 2.05) is 0 Å². The second-order valence-corrected chi connectivity index (χ2v) is 3.14. The molecule has 0 amide bonds. The Hall–Kier alpha value is -1.35. The first kappa shape index (κ1) is 10.7. The topological polar surface area (TPSA) is 43.4 Å². The Labute approximate surface area is 86.6 Å². The van der Waals surface area contributed by atoms with E-state index < -0.39 is 11.6 Å². The van der Waals surface area contributed by atoms with Crippen LogP contribution in [0.1, 0.15) is 17.3 Å². The van der Waals surface area contributed by atoms with Gasteiger partial charge in [0.1, 0.15) is 5.75 Å². The molecule has 0 spiro atoms. The third-order valence-electron chi connectivity index (χ3n) is 1.73. The standard InChI is InChI=1S/C10H9ClO3/c1-6(12)10(13)7-3-4-8(11)9(5-7)14-2/h3-5H,1-2H3. The van der Waals surface area contributed by atoms with Crippen LogP contribution in [0.25, 0.3) is 0 Å². The van der Waals surface area contributed by atoms with E-state index in [1.54, 1.807) is 0 Å². The van der Waals surface area contributed by atoms with E-state index in [-0.39, 0.29) is 0 Å². The summed E-state index contributed by atoms with van der Waals surface area (Å²) in [5, 5.41) is 0.410. The second kappa shape index (κ2) is 4.24. The molecule has 0 aliphatic heterocycles. The van der Waals surface area contributed by atoms with E-state index >= 15 is 0 Å². The molecule has 14 heavy (non-hydrogen) atoms. The average Bonchev–Trinajstić information content (AvgIpc) is 2.17. The lowest BCUT2D eigenvalue weighted by atomic mass is 10.1. The summed E-state index contributed by atoms with van der Waals surface area (Å²) >= 11 is 5.76. The molecule has 0 saturated heterocycles. The van der Waals surface area contributed by atoms with Crippen molar-refractivity contribution in [3.05, 3.63) is 28.8 Å². The third kappa shape index (κ3) is 2.12. The smallest absolute Gasteiger partial charge is 0.228 e. The predicted molar refractivity (Wildman–Crippen MR) is 53.0 cm³/mol. The van der Waals surface area contributed by atoms with E-state index in [0.717, 1.165) is 0 Å². The van der Waals surface area contributed by atoms with Gasteiger partial charge in [0.25, 0.3) is 0 Å². The first-order valence-corrected chi connectivity index (χ1v) is 4.33. The molecule has 0 heterocycles. The molecule has 0 unspecified atom stereocenters. The first-order chi connectivity index (χ1) is 6.56. The molecule has 1 aromatic carbocycles. The van der Waals surface area contributed by atoms with Crippen LogP contribution in [-0.4, -0.2) is 18.7 Å². The van der Waals surface area contributed by atoms with E-state index in [4.69, 9.17) is 16.3 Å². The Bertz CT molecular complexity index is 385. The predicted octanol–water partition coefficient (Wildman–Crippen LogP) is 2.12. The molecule has 4 heteroatoms. The maximum Gasteiger partial charge on any atom is 0.228 e. The van der Waals surface area contributed by atoms with Crippen molar-refractivity contribution in [1.82, 2.24) is 0 Å². The average molecular weight is 213 g/mol. The number of hydrogen-bond acceptors (Lipinski definition) is 3. The van der Waals surface area contributed by atoms with Gasteiger partial charge in [-0.2, -0.15) is 0 Å². The molecular formula is C10H9ClO3. The summed E-state index contributed by atoms with van der Waals surface area (Å²) in [4.78, 5) is 22.1. The number of carbonyl (C=O) groups is 2. The largest absolute Gasteiger partial charge is 0.495 e. The fourth-order valence-corrected chi connectivity index (χ4v) is 1.20. The van der Waals surface area contributed by atoms with Crippen LogP contribution < -0.4 is 4.74 Å². The molecule has 0 aromatic heterocycles. The number of ketones is 2. The lowest BCUT2D eigenvalue weighted by molar-refractivity contribution is -0.113. The van der Waals surface area contributed by atoms with Gasteiger partial charge in [-0.15, -0.1) is 0 Å². The van der Waals surface area contributed by atoms with Gasteiger partial charge in [-0.3, -0.25) is 9.59 Å². The van der Waals surface area contributed by atoms with Crippen LogP contribution in [0.2, 0.25) is 5.02 Å². The van der Waals surface area contributed by atoms with Crippen molar-refractivity contribution in [3.63, 3.8) is 0 Å². The SMILES string of the molecule is COc1cc(C(=O)C(C)=O)ccc1Cl. The number of benzene rings is 1. The van der Waals surface area contributed by atoms with Gasteiger partial charge in [-0.05, 0) is 18.2 Å². The number of ether oxygens (including phenoxy) is 1. The Morgan fingerprint density at radius 3 is 2.50 bits per heavy atom. The van der Waals surface area contributed by atoms with Gasteiger partial charge in [-0.1, -0.05) is 11.6 Å². The minimum Gasteiger partial charge on any atom is -0.495 e. The highest BCUT2D eigenvalue weighted by molar-refractivity contribution is 6.43. The lowest BCUT2D eigenvalue weighted by Gasteiger charge is -2.04. The summed E-state index contributed by atoms with van der Waals surface area (Å²) in [6.07, 6.45) is 0. The number of hydrogen-bond donors (Lipinski definition) is 0. The molecular weight excluding hydrogens is 204 g/mol. The van der Waals surface area contributed by atoms with Crippen molar-refractivity contribution in [2.45, 2.75) is 6.92 Å². The number of Topliss-reactive ketones (excluding diaryl/α,β-unsaturated/α-hetero) is 2. The summed E-state index contributed by atoms with van der Waals surface area (Å²) in [6.45, 7) is 1.23. The fraction of sp³-hybridized carbons (Fsp3) is 0.200. The van der Waals surface area contributed by atoms with E-state index in [9.17, 15) is 9.59 Å². The van der Waals surface area contributed by atoms with Gasteiger partial charge in [0.05, 0.1) is 12.1 Å². The van der Waals surface area contributed by atoms with E-state index in [1.165, 1.54) is 32.2 Å². The Balaban J connectivity index is 3.12. The summed E-state index contributed by atoms with van der Waals surface area (Å²) in [5.74, 6) is -0.659. The maximum absolute atomic E-state index is 11.3. The third-order valence-corrected chi connectivity index (χ3v) is 2.05. The van der Waals surface area contributed by atoms with Crippen LogP contribution in [-0.2, 0) is 4.79 Å². The molecule has 0 aliphatic carbocycles. The molecule has 0 bridgehead atoms. The van der Waals surface area contributed by atoms with Crippen LogP contribution in [0, 0.1) is 0 Å². The molecule has 1 aromatic rings. The Morgan fingerprint density at radius 2 is 2.00 bits per heavy atom.